The van der Waals surface area contributed by atoms with Gasteiger partial charge in [0.2, 0.25) is 0 Å². The second-order valence-corrected chi connectivity index (χ2v) is 4.93. The SMILES string of the molecule is C=C1C=Cc2ccccc2C1S(=O)(=O)O. The van der Waals surface area contributed by atoms with Gasteiger partial charge in [-0.2, -0.15) is 8.42 Å². The van der Waals surface area contributed by atoms with Crippen LogP contribution in [0.3, 0.4) is 0 Å². The Hall–Kier alpha value is -1.39. The Morgan fingerprint density at radius 2 is 1.87 bits per heavy atom. The number of allylic oxidation sites excluding steroid dienone is 1. The van der Waals surface area contributed by atoms with Gasteiger partial charge in [-0.15, -0.1) is 0 Å². The Morgan fingerprint density at radius 3 is 2.53 bits per heavy atom. The minimum absolute atomic E-state index is 0.385. The van der Waals surface area contributed by atoms with Crippen LogP contribution in [0.4, 0.5) is 0 Å². The molecule has 15 heavy (non-hydrogen) atoms. The lowest BCUT2D eigenvalue weighted by atomic mass is 9.94. The van der Waals surface area contributed by atoms with Crippen molar-refractivity contribution >= 4 is 16.2 Å². The number of hydrogen-bond donors (Lipinski definition) is 1. The highest BCUT2D eigenvalue weighted by Gasteiger charge is 2.30. The van der Waals surface area contributed by atoms with E-state index in [1.165, 1.54) is 0 Å². The summed E-state index contributed by atoms with van der Waals surface area (Å²) in [5.74, 6) is 0. The molecular formula is C11H10O3S. The molecule has 0 bridgehead atoms. The van der Waals surface area contributed by atoms with Gasteiger partial charge in [-0.05, 0) is 16.7 Å². The van der Waals surface area contributed by atoms with E-state index in [2.05, 4.69) is 6.58 Å². The van der Waals surface area contributed by atoms with Crippen molar-refractivity contribution < 1.29 is 13.0 Å². The van der Waals surface area contributed by atoms with E-state index in [-0.39, 0.29) is 0 Å². The van der Waals surface area contributed by atoms with Crippen molar-refractivity contribution in [3.05, 3.63) is 53.6 Å². The summed E-state index contributed by atoms with van der Waals surface area (Å²) >= 11 is 0. The zero-order valence-corrected chi connectivity index (χ0v) is 8.74. The normalized spacial score (nSPS) is 20.1. The Kier molecular flexibility index (Phi) is 2.25. The van der Waals surface area contributed by atoms with Crippen LogP contribution in [0.15, 0.2) is 42.5 Å². The molecule has 0 aliphatic heterocycles. The van der Waals surface area contributed by atoms with E-state index < -0.39 is 15.4 Å². The van der Waals surface area contributed by atoms with Crippen molar-refractivity contribution in [3.8, 4) is 0 Å². The van der Waals surface area contributed by atoms with Crippen molar-refractivity contribution in [1.29, 1.82) is 0 Å². The fraction of sp³-hybridized carbons (Fsp3) is 0.0909. The van der Waals surface area contributed by atoms with Gasteiger partial charge in [-0.25, -0.2) is 0 Å². The predicted octanol–water partition coefficient (Wildman–Crippen LogP) is 2.20. The van der Waals surface area contributed by atoms with Gasteiger partial charge in [0.25, 0.3) is 10.1 Å². The maximum atomic E-state index is 11.2. The minimum atomic E-state index is -4.14. The summed E-state index contributed by atoms with van der Waals surface area (Å²) in [6.07, 6.45) is 3.40. The molecule has 0 fully saturated rings. The van der Waals surface area contributed by atoms with Crippen LogP contribution < -0.4 is 0 Å². The molecule has 2 rings (SSSR count). The Bertz CT molecular complexity index is 541. The number of rotatable bonds is 1. The summed E-state index contributed by atoms with van der Waals surface area (Å²) in [5, 5.41) is -1.03. The van der Waals surface area contributed by atoms with Gasteiger partial charge in [-0.1, -0.05) is 43.0 Å². The van der Waals surface area contributed by atoms with Crippen LogP contribution in [-0.2, 0) is 10.1 Å². The van der Waals surface area contributed by atoms with E-state index >= 15 is 0 Å². The van der Waals surface area contributed by atoms with Gasteiger partial charge in [0.05, 0.1) is 0 Å². The highest BCUT2D eigenvalue weighted by molar-refractivity contribution is 7.86. The smallest absolute Gasteiger partial charge is 0.276 e. The Labute approximate surface area is 88.5 Å². The lowest BCUT2D eigenvalue weighted by Gasteiger charge is -2.20. The molecule has 0 spiro atoms. The molecule has 0 saturated heterocycles. The summed E-state index contributed by atoms with van der Waals surface area (Å²) in [5.41, 5.74) is 1.76. The first kappa shape index (κ1) is 10.1. The molecule has 1 aliphatic rings. The van der Waals surface area contributed by atoms with Gasteiger partial charge in [0, 0.05) is 0 Å². The lowest BCUT2D eigenvalue weighted by molar-refractivity contribution is 0.475. The van der Waals surface area contributed by atoms with Crippen molar-refractivity contribution in [2.45, 2.75) is 5.25 Å². The molecule has 0 amide bonds. The molecule has 1 aliphatic carbocycles. The molecule has 4 heteroatoms. The van der Waals surface area contributed by atoms with Crippen LogP contribution in [0.5, 0.6) is 0 Å². The molecule has 1 aromatic carbocycles. The van der Waals surface area contributed by atoms with Gasteiger partial charge in [-0.3, -0.25) is 4.55 Å². The molecule has 78 valence electrons. The number of benzene rings is 1. The maximum Gasteiger partial charge on any atom is 0.276 e. The summed E-state index contributed by atoms with van der Waals surface area (Å²) in [4.78, 5) is 0. The zero-order valence-electron chi connectivity index (χ0n) is 7.92. The molecule has 0 radical (unpaired) electrons. The van der Waals surface area contributed by atoms with E-state index in [0.717, 1.165) is 5.56 Å². The highest BCUT2D eigenvalue weighted by atomic mass is 32.2. The fourth-order valence-electron chi connectivity index (χ4n) is 1.74. The van der Waals surface area contributed by atoms with E-state index in [1.807, 2.05) is 6.07 Å². The molecule has 3 nitrogen and oxygen atoms in total. The van der Waals surface area contributed by atoms with Crippen LogP contribution in [0.1, 0.15) is 16.4 Å². The highest BCUT2D eigenvalue weighted by Crippen LogP contribution is 2.35. The van der Waals surface area contributed by atoms with Crippen molar-refractivity contribution in [2.75, 3.05) is 0 Å². The van der Waals surface area contributed by atoms with Crippen molar-refractivity contribution in [1.82, 2.24) is 0 Å². The average Bonchev–Trinajstić information content (AvgIpc) is 2.15. The molecule has 1 unspecified atom stereocenters. The Morgan fingerprint density at radius 1 is 1.20 bits per heavy atom. The zero-order chi connectivity index (χ0) is 11.1. The van der Waals surface area contributed by atoms with Crippen LogP contribution in [-0.4, -0.2) is 13.0 Å². The summed E-state index contributed by atoms with van der Waals surface area (Å²) in [6.45, 7) is 3.63. The summed E-state index contributed by atoms with van der Waals surface area (Å²) < 4.78 is 31.6. The van der Waals surface area contributed by atoms with E-state index in [4.69, 9.17) is 4.55 Å². The maximum absolute atomic E-state index is 11.2. The van der Waals surface area contributed by atoms with E-state index in [9.17, 15) is 8.42 Å². The second-order valence-electron chi connectivity index (χ2n) is 3.43. The fourth-order valence-corrected chi connectivity index (χ4v) is 2.73. The average molecular weight is 222 g/mol. The molecule has 1 aromatic rings. The largest absolute Gasteiger partial charge is 0.285 e. The lowest BCUT2D eigenvalue weighted by Crippen LogP contribution is -2.16. The van der Waals surface area contributed by atoms with Gasteiger partial charge >= 0.3 is 0 Å². The Balaban J connectivity index is 2.67. The number of fused-ring (bicyclic) bond motifs is 1. The van der Waals surface area contributed by atoms with E-state index in [0.29, 0.717) is 11.1 Å². The molecule has 0 heterocycles. The van der Waals surface area contributed by atoms with Crippen molar-refractivity contribution in [2.24, 2.45) is 0 Å². The first-order chi connectivity index (χ1) is 7.00. The monoisotopic (exact) mass is 222 g/mol. The van der Waals surface area contributed by atoms with Gasteiger partial charge in [0.1, 0.15) is 5.25 Å². The third-order valence-corrected chi connectivity index (χ3v) is 3.54. The standard InChI is InChI=1S/C11H10O3S/c1-8-6-7-9-4-2-3-5-10(9)11(8)15(12,13)14/h2-7,11H,1H2,(H,12,13,14). The first-order valence-corrected chi connectivity index (χ1v) is 5.92. The molecule has 0 aromatic heterocycles. The topological polar surface area (TPSA) is 54.4 Å². The minimum Gasteiger partial charge on any atom is -0.285 e. The van der Waals surface area contributed by atoms with Crippen LogP contribution >= 0.6 is 0 Å². The molecule has 0 saturated carbocycles. The second kappa shape index (κ2) is 3.32. The molecular weight excluding hydrogens is 212 g/mol. The summed E-state index contributed by atoms with van der Waals surface area (Å²) in [7, 11) is -4.14. The van der Waals surface area contributed by atoms with Crippen LogP contribution in [0.2, 0.25) is 0 Å². The number of hydrogen-bond acceptors (Lipinski definition) is 2. The first-order valence-electron chi connectivity index (χ1n) is 4.42. The third kappa shape index (κ3) is 1.73. The van der Waals surface area contributed by atoms with E-state index in [1.54, 1.807) is 30.4 Å². The van der Waals surface area contributed by atoms with Crippen LogP contribution in [0, 0.1) is 0 Å². The van der Waals surface area contributed by atoms with Gasteiger partial charge in [0.15, 0.2) is 0 Å². The molecule has 1 N–H and O–H groups in total. The molecule has 1 atom stereocenters. The third-order valence-electron chi connectivity index (χ3n) is 2.39. The van der Waals surface area contributed by atoms with Gasteiger partial charge < -0.3 is 0 Å². The predicted molar refractivity (Wildman–Crippen MR) is 58.9 cm³/mol. The van der Waals surface area contributed by atoms with Crippen LogP contribution in [0.25, 0.3) is 6.08 Å². The summed E-state index contributed by atoms with van der Waals surface area (Å²) in [6, 6.07) is 7.04. The quantitative estimate of drug-likeness (QED) is 0.741. The van der Waals surface area contributed by atoms with Crippen molar-refractivity contribution in [3.63, 3.8) is 0 Å².